The first-order valence-corrected chi connectivity index (χ1v) is 7.80. The molecule has 1 atom stereocenters. The Bertz CT molecular complexity index is 672. The lowest BCUT2D eigenvalue weighted by atomic mass is 9.91. The largest absolute Gasteiger partial charge is 0.497 e. The van der Waals surface area contributed by atoms with E-state index in [4.69, 9.17) is 24.7 Å². The Morgan fingerprint density at radius 3 is 2.21 bits per heavy atom. The molecule has 0 saturated heterocycles. The van der Waals surface area contributed by atoms with Crippen LogP contribution in [0.15, 0.2) is 36.4 Å². The molecule has 0 spiro atoms. The van der Waals surface area contributed by atoms with Crippen LogP contribution in [-0.4, -0.2) is 35.0 Å². The van der Waals surface area contributed by atoms with E-state index < -0.39 is 0 Å². The molecule has 0 aliphatic carbocycles. The van der Waals surface area contributed by atoms with E-state index in [1.165, 1.54) is 0 Å². The van der Waals surface area contributed by atoms with Crippen molar-refractivity contribution in [3.63, 3.8) is 0 Å². The fraction of sp³-hybridized carbons (Fsp3) is 0.368. The summed E-state index contributed by atoms with van der Waals surface area (Å²) < 4.78 is 21.7. The van der Waals surface area contributed by atoms with Gasteiger partial charge in [-0.3, -0.25) is 0 Å². The summed E-state index contributed by atoms with van der Waals surface area (Å²) >= 11 is 0. The molecule has 0 fully saturated rings. The fourth-order valence-corrected chi connectivity index (χ4v) is 2.85. The number of ether oxygens (including phenoxy) is 4. The zero-order chi connectivity index (χ0) is 17.5. The molecule has 2 aromatic rings. The first kappa shape index (κ1) is 17.9. The Kier molecular flexibility index (Phi) is 6.32. The molecule has 5 nitrogen and oxygen atoms in total. The first-order chi connectivity index (χ1) is 11.7. The minimum absolute atomic E-state index is 0.0897. The van der Waals surface area contributed by atoms with Crippen molar-refractivity contribution in [2.75, 3.05) is 35.0 Å². The van der Waals surface area contributed by atoms with E-state index in [1.54, 1.807) is 28.4 Å². The minimum Gasteiger partial charge on any atom is -0.497 e. The molecule has 0 amide bonds. The summed E-state index contributed by atoms with van der Waals surface area (Å²) in [5.74, 6) is 2.81. The standard InChI is InChI=1S/C19H25NO4/c1-21-15-7-5-6-13(11-15)10-14(12-20)16-8-9-17(22-2)19(24-4)18(16)23-3/h5-9,11,14H,10,12,20H2,1-4H3. The van der Waals surface area contributed by atoms with Gasteiger partial charge in [-0.2, -0.15) is 0 Å². The van der Waals surface area contributed by atoms with Gasteiger partial charge in [0.2, 0.25) is 5.75 Å². The Morgan fingerprint density at radius 1 is 0.875 bits per heavy atom. The predicted molar refractivity (Wildman–Crippen MR) is 94.6 cm³/mol. The Morgan fingerprint density at radius 2 is 1.62 bits per heavy atom. The lowest BCUT2D eigenvalue weighted by Crippen LogP contribution is -2.16. The van der Waals surface area contributed by atoms with Gasteiger partial charge >= 0.3 is 0 Å². The molecule has 0 aliphatic heterocycles. The van der Waals surface area contributed by atoms with Crippen LogP contribution >= 0.6 is 0 Å². The molecule has 2 aromatic carbocycles. The van der Waals surface area contributed by atoms with E-state index in [0.29, 0.717) is 23.8 Å². The maximum absolute atomic E-state index is 6.05. The minimum atomic E-state index is 0.0897. The Balaban J connectivity index is 2.39. The Labute approximate surface area is 143 Å². The van der Waals surface area contributed by atoms with Gasteiger partial charge in [0.25, 0.3) is 0 Å². The highest BCUT2D eigenvalue weighted by Gasteiger charge is 2.22. The van der Waals surface area contributed by atoms with Crippen LogP contribution in [0.4, 0.5) is 0 Å². The molecule has 1 unspecified atom stereocenters. The zero-order valence-corrected chi connectivity index (χ0v) is 14.7. The van der Waals surface area contributed by atoms with Gasteiger partial charge in [-0.15, -0.1) is 0 Å². The van der Waals surface area contributed by atoms with Crippen molar-refractivity contribution < 1.29 is 18.9 Å². The number of hydrogen-bond acceptors (Lipinski definition) is 5. The summed E-state index contributed by atoms with van der Waals surface area (Å²) in [4.78, 5) is 0. The summed E-state index contributed by atoms with van der Waals surface area (Å²) in [7, 11) is 6.49. The van der Waals surface area contributed by atoms with Crippen LogP contribution in [0.2, 0.25) is 0 Å². The second-order valence-corrected chi connectivity index (χ2v) is 5.41. The summed E-state index contributed by atoms with van der Waals surface area (Å²) in [5.41, 5.74) is 8.20. The lowest BCUT2D eigenvalue weighted by molar-refractivity contribution is 0.320. The molecule has 2 rings (SSSR count). The quantitative estimate of drug-likeness (QED) is 0.805. The smallest absolute Gasteiger partial charge is 0.203 e. The van der Waals surface area contributed by atoms with E-state index in [1.807, 2.05) is 30.3 Å². The second-order valence-electron chi connectivity index (χ2n) is 5.41. The molecule has 0 saturated carbocycles. The molecule has 5 heteroatoms. The monoisotopic (exact) mass is 331 g/mol. The number of nitrogens with two attached hydrogens (primary N) is 1. The molecule has 0 aromatic heterocycles. The van der Waals surface area contributed by atoms with Gasteiger partial charge < -0.3 is 24.7 Å². The molecule has 0 bridgehead atoms. The van der Waals surface area contributed by atoms with Gasteiger partial charge in [-0.25, -0.2) is 0 Å². The number of methoxy groups -OCH3 is 4. The third-order valence-corrected chi connectivity index (χ3v) is 4.08. The average molecular weight is 331 g/mol. The van der Waals surface area contributed by atoms with E-state index in [2.05, 4.69) is 6.07 Å². The second kappa shape index (κ2) is 8.45. The van der Waals surface area contributed by atoms with Crippen LogP contribution in [0, 0.1) is 0 Å². The van der Waals surface area contributed by atoms with Crippen molar-refractivity contribution >= 4 is 0 Å². The van der Waals surface area contributed by atoms with Crippen molar-refractivity contribution in [3.05, 3.63) is 47.5 Å². The summed E-state index contributed by atoms with van der Waals surface area (Å²) in [6.07, 6.45) is 0.777. The van der Waals surface area contributed by atoms with Crippen LogP contribution in [-0.2, 0) is 6.42 Å². The average Bonchev–Trinajstić information content (AvgIpc) is 2.64. The van der Waals surface area contributed by atoms with Crippen molar-refractivity contribution in [1.29, 1.82) is 0 Å². The molecule has 2 N–H and O–H groups in total. The maximum atomic E-state index is 6.05. The molecular weight excluding hydrogens is 306 g/mol. The summed E-state index contributed by atoms with van der Waals surface area (Å²) in [6.45, 7) is 0.489. The van der Waals surface area contributed by atoms with Gasteiger partial charge in [0.05, 0.1) is 28.4 Å². The van der Waals surface area contributed by atoms with Crippen LogP contribution in [0.5, 0.6) is 23.0 Å². The van der Waals surface area contributed by atoms with Gasteiger partial charge in [0, 0.05) is 11.5 Å². The van der Waals surface area contributed by atoms with Crippen molar-refractivity contribution in [1.82, 2.24) is 0 Å². The van der Waals surface area contributed by atoms with Gasteiger partial charge in [-0.05, 0) is 36.7 Å². The highest BCUT2D eigenvalue weighted by Crippen LogP contribution is 2.43. The first-order valence-electron chi connectivity index (χ1n) is 7.80. The number of hydrogen-bond donors (Lipinski definition) is 1. The number of benzene rings is 2. The SMILES string of the molecule is COc1cccc(CC(CN)c2ccc(OC)c(OC)c2OC)c1. The highest BCUT2D eigenvalue weighted by molar-refractivity contribution is 5.57. The van der Waals surface area contributed by atoms with E-state index in [-0.39, 0.29) is 5.92 Å². The number of rotatable bonds is 8. The summed E-state index contributed by atoms with van der Waals surface area (Å²) in [5, 5.41) is 0. The van der Waals surface area contributed by atoms with Crippen LogP contribution in [0.1, 0.15) is 17.0 Å². The maximum Gasteiger partial charge on any atom is 0.203 e. The molecule has 0 radical (unpaired) electrons. The highest BCUT2D eigenvalue weighted by atomic mass is 16.5. The molecule has 130 valence electrons. The van der Waals surface area contributed by atoms with Gasteiger partial charge in [0.15, 0.2) is 11.5 Å². The van der Waals surface area contributed by atoms with Gasteiger partial charge in [-0.1, -0.05) is 18.2 Å². The van der Waals surface area contributed by atoms with Crippen molar-refractivity contribution in [2.24, 2.45) is 5.73 Å². The molecule has 24 heavy (non-hydrogen) atoms. The van der Waals surface area contributed by atoms with Crippen LogP contribution in [0.3, 0.4) is 0 Å². The van der Waals surface area contributed by atoms with Crippen molar-refractivity contribution in [2.45, 2.75) is 12.3 Å². The lowest BCUT2D eigenvalue weighted by Gasteiger charge is -2.21. The summed E-state index contributed by atoms with van der Waals surface area (Å²) in [6, 6.07) is 11.9. The Hall–Kier alpha value is -2.40. The molecular formula is C19H25NO4. The van der Waals surface area contributed by atoms with Gasteiger partial charge in [0.1, 0.15) is 5.75 Å². The predicted octanol–water partition coefficient (Wildman–Crippen LogP) is 3.01. The van der Waals surface area contributed by atoms with Crippen LogP contribution < -0.4 is 24.7 Å². The third kappa shape index (κ3) is 3.74. The molecule has 0 aliphatic rings. The fourth-order valence-electron chi connectivity index (χ4n) is 2.85. The zero-order valence-electron chi connectivity index (χ0n) is 14.7. The normalized spacial score (nSPS) is 11.7. The van der Waals surface area contributed by atoms with Crippen molar-refractivity contribution in [3.8, 4) is 23.0 Å². The van der Waals surface area contributed by atoms with Crippen LogP contribution in [0.25, 0.3) is 0 Å². The van der Waals surface area contributed by atoms with E-state index in [0.717, 1.165) is 23.3 Å². The van der Waals surface area contributed by atoms with E-state index >= 15 is 0 Å². The molecule has 0 heterocycles. The topological polar surface area (TPSA) is 62.9 Å². The third-order valence-electron chi connectivity index (χ3n) is 4.08. The van der Waals surface area contributed by atoms with E-state index in [9.17, 15) is 0 Å².